The minimum atomic E-state index is 0.761. The number of aromatic nitrogens is 2. The molecule has 0 aliphatic rings. The maximum absolute atomic E-state index is 5.62. The molecule has 0 spiro atoms. The number of hydrogen-bond acceptors (Lipinski definition) is 4. The number of rotatable bonds is 4. The van der Waals surface area contributed by atoms with E-state index in [0.717, 1.165) is 23.0 Å². The van der Waals surface area contributed by atoms with Gasteiger partial charge in [0, 0.05) is 18.6 Å². The molecule has 0 aliphatic heterocycles. The van der Waals surface area contributed by atoms with Crippen LogP contribution in [0.5, 0.6) is 23.0 Å². The third-order valence-electron chi connectivity index (χ3n) is 3.77. The van der Waals surface area contributed by atoms with Crippen molar-refractivity contribution in [3.05, 3.63) is 109 Å². The van der Waals surface area contributed by atoms with E-state index in [1.54, 1.807) is 24.8 Å². The summed E-state index contributed by atoms with van der Waals surface area (Å²) in [6.45, 7) is 8.09. The fraction of sp³-hybridized carbons (Fsp3) is 0.154. The molecule has 4 aromatic rings. The van der Waals surface area contributed by atoms with Crippen molar-refractivity contribution >= 4 is 0 Å². The highest BCUT2D eigenvalue weighted by Gasteiger charge is 1.96. The van der Waals surface area contributed by atoms with Crippen molar-refractivity contribution in [2.24, 2.45) is 0 Å². The van der Waals surface area contributed by atoms with Crippen molar-refractivity contribution in [2.45, 2.75) is 27.7 Å². The quantitative estimate of drug-likeness (QED) is 0.358. The molecule has 0 unspecified atom stereocenters. The lowest BCUT2D eigenvalue weighted by Gasteiger charge is -2.05. The minimum Gasteiger partial charge on any atom is -0.457 e. The molecule has 2 aromatic heterocycles. The first kappa shape index (κ1) is 22.6. The van der Waals surface area contributed by atoms with Crippen LogP contribution in [0.4, 0.5) is 0 Å². The summed E-state index contributed by atoms with van der Waals surface area (Å²) in [7, 11) is 0. The van der Waals surface area contributed by atoms with Crippen LogP contribution in [0, 0.1) is 13.8 Å². The van der Waals surface area contributed by atoms with Gasteiger partial charge in [0.2, 0.25) is 0 Å². The van der Waals surface area contributed by atoms with Crippen molar-refractivity contribution < 1.29 is 9.47 Å². The first-order chi connectivity index (χ1) is 14.7. The van der Waals surface area contributed by atoms with Gasteiger partial charge in [-0.25, -0.2) is 0 Å². The largest absolute Gasteiger partial charge is 0.457 e. The molecule has 0 amide bonds. The molecule has 0 fully saturated rings. The summed E-state index contributed by atoms with van der Waals surface area (Å²) in [6, 6.07) is 23.3. The van der Waals surface area contributed by atoms with Crippen LogP contribution in [0.15, 0.2) is 97.6 Å². The fourth-order valence-corrected chi connectivity index (χ4v) is 2.37. The molecule has 0 atom stereocenters. The van der Waals surface area contributed by atoms with Gasteiger partial charge in [-0.05, 0) is 67.9 Å². The van der Waals surface area contributed by atoms with Gasteiger partial charge in [-0.2, -0.15) is 0 Å². The first-order valence-corrected chi connectivity index (χ1v) is 9.98. The van der Waals surface area contributed by atoms with Crippen molar-refractivity contribution in [1.29, 1.82) is 0 Å². The van der Waals surface area contributed by atoms with Gasteiger partial charge in [-0.3, -0.25) is 9.97 Å². The third-order valence-corrected chi connectivity index (χ3v) is 3.77. The highest BCUT2D eigenvalue weighted by molar-refractivity contribution is 5.32. The maximum atomic E-state index is 5.62. The summed E-state index contributed by atoms with van der Waals surface area (Å²) >= 11 is 0. The van der Waals surface area contributed by atoms with Gasteiger partial charge in [-0.1, -0.05) is 43.7 Å². The Morgan fingerprint density at radius 3 is 1.80 bits per heavy atom. The zero-order chi connectivity index (χ0) is 21.6. The number of aryl methyl sites for hydroxylation is 2. The van der Waals surface area contributed by atoms with Gasteiger partial charge in [-0.15, -0.1) is 0 Å². The third kappa shape index (κ3) is 8.15. The summed E-state index contributed by atoms with van der Waals surface area (Å²) < 4.78 is 11.2. The number of benzene rings is 2. The Bertz CT molecular complexity index is 973. The van der Waals surface area contributed by atoms with Crippen LogP contribution in [-0.4, -0.2) is 9.97 Å². The Morgan fingerprint density at radius 2 is 1.17 bits per heavy atom. The average Bonchev–Trinajstić information content (AvgIpc) is 2.79. The van der Waals surface area contributed by atoms with Crippen LogP contribution in [-0.2, 0) is 0 Å². The predicted octanol–water partition coefficient (Wildman–Crippen LogP) is 7.39. The Morgan fingerprint density at radius 1 is 0.533 bits per heavy atom. The molecule has 4 rings (SSSR count). The van der Waals surface area contributed by atoms with Gasteiger partial charge < -0.3 is 9.47 Å². The molecule has 2 aromatic carbocycles. The van der Waals surface area contributed by atoms with Gasteiger partial charge >= 0.3 is 0 Å². The smallest absolute Gasteiger partial charge is 0.145 e. The summed E-state index contributed by atoms with van der Waals surface area (Å²) in [4.78, 5) is 7.90. The van der Waals surface area contributed by atoms with Gasteiger partial charge in [0.25, 0.3) is 0 Å². The second kappa shape index (κ2) is 12.7. The van der Waals surface area contributed by atoms with Crippen LogP contribution in [0.3, 0.4) is 0 Å². The number of ether oxygens (including phenoxy) is 2. The summed E-state index contributed by atoms with van der Waals surface area (Å²) in [5.41, 5.74) is 2.42. The average molecular weight is 401 g/mol. The Hall–Kier alpha value is -3.66. The molecule has 0 aliphatic carbocycles. The summed E-state index contributed by atoms with van der Waals surface area (Å²) in [5.74, 6) is 3.27. The Balaban J connectivity index is 0.000000197. The molecule has 154 valence electrons. The van der Waals surface area contributed by atoms with Crippen molar-refractivity contribution in [3.63, 3.8) is 0 Å². The van der Waals surface area contributed by atoms with Crippen LogP contribution < -0.4 is 9.47 Å². The van der Waals surface area contributed by atoms with E-state index in [2.05, 4.69) is 9.97 Å². The monoisotopic (exact) mass is 400 g/mol. The molecule has 0 N–H and O–H groups in total. The van der Waals surface area contributed by atoms with E-state index in [1.807, 2.05) is 100 Å². The van der Waals surface area contributed by atoms with Crippen molar-refractivity contribution in [1.82, 2.24) is 9.97 Å². The van der Waals surface area contributed by atoms with Gasteiger partial charge in [0.1, 0.15) is 23.0 Å². The van der Waals surface area contributed by atoms with E-state index in [0.29, 0.717) is 0 Å². The molecular formula is C26H28N2O2. The fourth-order valence-electron chi connectivity index (χ4n) is 2.37. The zero-order valence-electron chi connectivity index (χ0n) is 17.9. The summed E-state index contributed by atoms with van der Waals surface area (Å²) in [6.07, 6.45) is 6.85. The normalized spacial score (nSPS) is 9.33. The molecule has 4 heteroatoms. The molecular weight excluding hydrogens is 372 g/mol. The number of hydrogen-bond donors (Lipinski definition) is 0. The van der Waals surface area contributed by atoms with E-state index >= 15 is 0 Å². The molecule has 0 radical (unpaired) electrons. The highest BCUT2D eigenvalue weighted by Crippen LogP contribution is 2.21. The lowest BCUT2D eigenvalue weighted by molar-refractivity contribution is 0.480. The molecule has 2 heterocycles. The van der Waals surface area contributed by atoms with Gasteiger partial charge in [0.05, 0.1) is 6.20 Å². The lowest BCUT2D eigenvalue weighted by Crippen LogP contribution is -1.84. The first-order valence-electron chi connectivity index (χ1n) is 9.98. The molecule has 4 nitrogen and oxygen atoms in total. The van der Waals surface area contributed by atoms with Crippen molar-refractivity contribution in [3.8, 4) is 23.0 Å². The van der Waals surface area contributed by atoms with Crippen molar-refractivity contribution in [2.75, 3.05) is 0 Å². The topological polar surface area (TPSA) is 44.2 Å². The number of nitrogens with zero attached hydrogens (tertiary/aromatic N) is 2. The molecule has 0 bridgehead atoms. The molecule has 30 heavy (non-hydrogen) atoms. The van der Waals surface area contributed by atoms with Crippen LogP contribution in [0.1, 0.15) is 25.0 Å². The van der Waals surface area contributed by atoms with Crippen LogP contribution in [0.25, 0.3) is 0 Å². The van der Waals surface area contributed by atoms with E-state index in [4.69, 9.17) is 9.47 Å². The lowest BCUT2D eigenvalue weighted by atomic mass is 10.2. The second-order valence-electron chi connectivity index (χ2n) is 6.21. The minimum absolute atomic E-state index is 0.761. The predicted molar refractivity (Wildman–Crippen MR) is 122 cm³/mol. The SMILES string of the molecule is CC.Cc1ccc(Oc2cccnc2)cc1.Cc1cccc(Oc2ccncc2)c1. The summed E-state index contributed by atoms with van der Waals surface area (Å²) in [5, 5.41) is 0. The van der Waals surface area contributed by atoms with E-state index in [1.165, 1.54) is 11.1 Å². The zero-order valence-corrected chi connectivity index (χ0v) is 17.9. The molecule has 0 saturated carbocycles. The maximum Gasteiger partial charge on any atom is 0.145 e. The number of pyridine rings is 2. The van der Waals surface area contributed by atoms with Gasteiger partial charge in [0.15, 0.2) is 0 Å². The second-order valence-corrected chi connectivity index (χ2v) is 6.21. The van der Waals surface area contributed by atoms with Crippen LogP contribution in [0.2, 0.25) is 0 Å². The Labute approximate surface area is 179 Å². The molecule has 0 saturated heterocycles. The Kier molecular flexibility index (Phi) is 9.60. The standard InChI is InChI=1S/2C12H11NO.C2H6/c1-10-4-6-11(7-5-10)14-12-3-2-8-13-9-12;1-10-3-2-4-12(9-10)14-11-5-7-13-8-6-11;1-2/h2*2-9H,1H3;1-2H3. The highest BCUT2D eigenvalue weighted by atomic mass is 16.5. The van der Waals surface area contributed by atoms with E-state index in [9.17, 15) is 0 Å². The van der Waals surface area contributed by atoms with E-state index in [-0.39, 0.29) is 0 Å². The van der Waals surface area contributed by atoms with Crippen LogP contribution >= 0.6 is 0 Å². The van der Waals surface area contributed by atoms with E-state index < -0.39 is 0 Å².